The van der Waals surface area contributed by atoms with Crippen molar-refractivity contribution >= 4 is 22.5 Å². The Labute approximate surface area is 75.4 Å². The lowest BCUT2D eigenvalue weighted by Gasteiger charge is -2.05. The van der Waals surface area contributed by atoms with Crippen LogP contribution in [0.3, 0.4) is 0 Å². The highest BCUT2D eigenvalue weighted by Gasteiger charge is 2.19. The van der Waals surface area contributed by atoms with Gasteiger partial charge in [-0.1, -0.05) is 35.1 Å². The molecule has 1 atom stereocenters. The second-order valence-electron chi connectivity index (χ2n) is 2.57. The van der Waals surface area contributed by atoms with E-state index in [-0.39, 0.29) is 0 Å². The van der Waals surface area contributed by atoms with Gasteiger partial charge in [-0.25, -0.2) is 0 Å². The summed E-state index contributed by atoms with van der Waals surface area (Å²) in [6.45, 7) is 0.981. The lowest BCUT2D eigenvalue weighted by atomic mass is 10.1. The van der Waals surface area contributed by atoms with E-state index in [1.54, 1.807) is 10.8 Å². The predicted octanol–water partition coefficient (Wildman–Crippen LogP) is 2.37. The number of hydrogen-bond acceptors (Lipinski definition) is 3. The fourth-order valence-electron chi connectivity index (χ4n) is 1.36. The first-order chi connectivity index (χ1) is 5.42. The molecule has 0 saturated carbocycles. The van der Waals surface area contributed by atoms with Crippen LogP contribution in [0, 0.1) is 0 Å². The normalized spacial score (nSPS) is 21.7. The fraction of sp³-hybridized carbons (Fsp3) is 0.250. The minimum absolute atomic E-state index is 0.384. The first kappa shape index (κ1) is 7.53. The molecular weight excluding hydrogens is 174 g/mol. The van der Waals surface area contributed by atoms with Gasteiger partial charge in [0.15, 0.2) is 0 Å². The second-order valence-corrected chi connectivity index (χ2v) is 3.88. The third-order valence-corrected chi connectivity index (χ3v) is 3.18. The van der Waals surface area contributed by atoms with E-state index in [9.17, 15) is 0 Å². The van der Waals surface area contributed by atoms with Gasteiger partial charge in [-0.3, -0.25) is 5.32 Å². The molecule has 0 bridgehead atoms. The fourth-order valence-corrected chi connectivity index (χ4v) is 2.42. The summed E-state index contributed by atoms with van der Waals surface area (Å²) in [4.78, 5) is 0. The van der Waals surface area contributed by atoms with Gasteiger partial charge in [-0.05, 0) is 11.1 Å². The van der Waals surface area contributed by atoms with E-state index in [1.807, 2.05) is 0 Å². The van der Waals surface area contributed by atoms with Crippen molar-refractivity contribution in [1.29, 1.82) is 0 Å². The molecule has 1 aromatic rings. The molecule has 3 heteroatoms. The van der Waals surface area contributed by atoms with Gasteiger partial charge in [0.05, 0.1) is 5.37 Å². The number of rotatable bonds is 1. The summed E-state index contributed by atoms with van der Waals surface area (Å²) in [5.41, 5.74) is 2.78. The molecule has 1 unspecified atom stereocenters. The largest absolute Gasteiger partial charge is 0.297 e. The number of nitrogens with one attached hydrogen (secondary N) is 1. The van der Waals surface area contributed by atoms with Crippen LogP contribution >= 0.6 is 22.5 Å². The van der Waals surface area contributed by atoms with E-state index in [0.29, 0.717) is 5.37 Å². The molecule has 0 fully saturated rings. The maximum absolute atomic E-state index is 4.19. The number of hydrogen-bond donors (Lipinski definition) is 2. The second kappa shape index (κ2) is 3.09. The van der Waals surface area contributed by atoms with Crippen molar-refractivity contribution < 1.29 is 0 Å². The molecule has 1 heterocycles. The molecule has 58 valence electrons. The summed E-state index contributed by atoms with van der Waals surface area (Å²) in [7, 11) is 1.56. The Hall–Kier alpha value is -0.120. The zero-order valence-electron chi connectivity index (χ0n) is 5.95. The van der Waals surface area contributed by atoms with E-state index in [4.69, 9.17) is 0 Å². The van der Waals surface area contributed by atoms with Gasteiger partial charge in [0.1, 0.15) is 0 Å². The van der Waals surface area contributed by atoms with Crippen LogP contribution in [0.5, 0.6) is 0 Å². The maximum atomic E-state index is 4.19. The van der Waals surface area contributed by atoms with E-state index in [0.717, 1.165) is 6.54 Å². The predicted molar refractivity (Wildman–Crippen MR) is 52.6 cm³/mol. The lowest BCUT2D eigenvalue weighted by Crippen LogP contribution is -2.06. The van der Waals surface area contributed by atoms with Crippen molar-refractivity contribution in [3.63, 3.8) is 0 Å². The molecule has 1 aliphatic rings. The molecule has 11 heavy (non-hydrogen) atoms. The van der Waals surface area contributed by atoms with Crippen LogP contribution in [0.4, 0.5) is 0 Å². The van der Waals surface area contributed by atoms with Crippen molar-refractivity contribution in [2.45, 2.75) is 11.9 Å². The summed E-state index contributed by atoms with van der Waals surface area (Å²) >= 11 is 4.19. The Kier molecular flexibility index (Phi) is 2.11. The van der Waals surface area contributed by atoms with Crippen LogP contribution in [0.1, 0.15) is 16.5 Å². The van der Waals surface area contributed by atoms with Crippen molar-refractivity contribution in [2.24, 2.45) is 0 Å². The monoisotopic (exact) mass is 183 g/mol. The molecule has 2 rings (SSSR count). The van der Waals surface area contributed by atoms with Crippen molar-refractivity contribution in [1.82, 2.24) is 5.32 Å². The Morgan fingerprint density at radius 3 is 3.09 bits per heavy atom. The minimum atomic E-state index is 0.384. The molecule has 0 saturated heterocycles. The highest BCUT2D eigenvalue weighted by Crippen LogP contribution is 2.35. The first-order valence-electron chi connectivity index (χ1n) is 3.53. The molecule has 0 spiro atoms. The van der Waals surface area contributed by atoms with Gasteiger partial charge in [0.25, 0.3) is 0 Å². The summed E-state index contributed by atoms with van der Waals surface area (Å²) in [5.74, 6) is 0. The molecule has 0 aromatic heterocycles. The average molecular weight is 183 g/mol. The van der Waals surface area contributed by atoms with Crippen molar-refractivity contribution in [3.8, 4) is 0 Å². The van der Waals surface area contributed by atoms with E-state index in [2.05, 4.69) is 41.2 Å². The van der Waals surface area contributed by atoms with Gasteiger partial charge in [-0.2, -0.15) is 0 Å². The number of thiol groups is 1. The Morgan fingerprint density at radius 2 is 2.27 bits per heavy atom. The highest BCUT2D eigenvalue weighted by atomic mass is 33.1. The van der Waals surface area contributed by atoms with Crippen LogP contribution in [0.15, 0.2) is 24.3 Å². The molecule has 0 radical (unpaired) electrons. The van der Waals surface area contributed by atoms with Gasteiger partial charge in [0.2, 0.25) is 0 Å². The average Bonchev–Trinajstić information content (AvgIpc) is 2.47. The van der Waals surface area contributed by atoms with Crippen LogP contribution in [-0.2, 0) is 6.54 Å². The zero-order chi connectivity index (χ0) is 7.68. The molecule has 1 aromatic carbocycles. The lowest BCUT2D eigenvalue weighted by molar-refractivity contribution is 0.751. The Morgan fingerprint density at radius 1 is 1.45 bits per heavy atom. The van der Waals surface area contributed by atoms with Crippen molar-refractivity contribution in [3.05, 3.63) is 35.4 Å². The van der Waals surface area contributed by atoms with Gasteiger partial charge < -0.3 is 0 Å². The Balaban J connectivity index is 2.39. The number of benzene rings is 1. The van der Waals surface area contributed by atoms with Crippen LogP contribution in [0.2, 0.25) is 0 Å². The van der Waals surface area contributed by atoms with E-state index < -0.39 is 0 Å². The summed E-state index contributed by atoms with van der Waals surface area (Å²) in [5, 5.41) is 3.74. The van der Waals surface area contributed by atoms with Crippen LogP contribution in [-0.4, -0.2) is 0 Å². The molecular formula is C8H9NS2. The molecule has 0 amide bonds. The van der Waals surface area contributed by atoms with Crippen LogP contribution < -0.4 is 5.32 Å². The zero-order valence-corrected chi connectivity index (χ0v) is 7.66. The van der Waals surface area contributed by atoms with Gasteiger partial charge in [-0.15, -0.1) is 11.7 Å². The van der Waals surface area contributed by atoms with Crippen molar-refractivity contribution in [2.75, 3.05) is 0 Å². The van der Waals surface area contributed by atoms with E-state index >= 15 is 0 Å². The summed E-state index contributed by atoms with van der Waals surface area (Å²) in [6, 6.07) is 8.46. The topological polar surface area (TPSA) is 12.0 Å². The SMILES string of the molecule is SSC1NCc2ccccc21. The highest BCUT2D eigenvalue weighted by molar-refractivity contribution is 8.68. The first-order valence-corrected chi connectivity index (χ1v) is 5.46. The minimum Gasteiger partial charge on any atom is -0.297 e. The maximum Gasteiger partial charge on any atom is 0.0896 e. The summed E-state index contributed by atoms with van der Waals surface area (Å²) in [6.07, 6.45) is 0. The molecule has 0 aliphatic carbocycles. The third kappa shape index (κ3) is 1.28. The standard InChI is InChI=1S/C8H9NS2/c10-11-8-7-4-2-1-3-6(7)5-9-8/h1-4,8-10H,5H2. The summed E-state index contributed by atoms with van der Waals surface area (Å²) < 4.78 is 0. The number of fused-ring (bicyclic) bond motifs is 1. The molecule has 1 N–H and O–H groups in total. The van der Waals surface area contributed by atoms with Gasteiger partial charge in [0, 0.05) is 6.54 Å². The quantitative estimate of drug-likeness (QED) is 0.512. The third-order valence-electron chi connectivity index (χ3n) is 1.92. The van der Waals surface area contributed by atoms with Crippen LogP contribution in [0.25, 0.3) is 0 Å². The smallest absolute Gasteiger partial charge is 0.0896 e. The van der Waals surface area contributed by atoms with Gasteiger partial charge >= 0.3 is 0 Å². The van der Waals surface area contributed by atoms with E-state index in [1.165, 1.54) is 11.1 Å². The molecule has 1 aliphatic heterocycles. The molecule has 1 nitrogen and oxygen atoms in total. The Bertz CT molecular complexity index is 262.